The van der Waals surface area contributed by atoms with E-state index in [0.717, 1.165) is 17.2 Å². The number of halogens is 3. The normalized spacial score (nSPS) is 11.9. The summed E-state index contributed by atoms with van der Waals surface area (Å²) < 4.78 is 39.5. The summed E-state index contributed by atoms with van der Waals surface area (Å²) in [6.45, 7) is 7.94. The van der Waals surface area contributed by atoms with E-state index >= 15 is 0 Å². The molecule has 134 valence electrons. The lowest BCUT2D eigenvalue weighted by Gasteiger charge is -2.21. The van der Waals surface area contributed by atoms with Crippen molar-refractivity contribution in [2.45, 2.75) is 45.7 Å². The van der Waals surface area contributed by atoms with Crippen molar-refractivity contribution >= 4 is 11.6 Å². The van der Waals surface area contributed by atoms with Crippen LogP contribution in [0.2, 0.25) is 0 Å². The molecular formula is C20H22F3NO. The molecule has 0 spiro atoms. The average molecular weight is 349 g/mol. The largest absolute Gasteiger partial charge is 0.417 e. The molecule has 0 aliphatic carbocycles. The van der Waals surface area contributed by atoms with Gasteiger partial charge in [0, 0.05) is 5.69 Å². The quantitative estimate of drug-likeness (QED) is 0.699. The Hall–Kier alpha value is -2.30. The number of hydrogen-bond donors (Lipinski definition) is 1. The number of carbonyl (C=O) groups is 1. The Balaban J connectivity index is 2.50. The highest BCUT2D eigenvalue weighted by Gasteiger charge is 2.35. The van der Waals surface area contributed by atoms with Gasteiger partial charge in [0.1, 0.15) is 0 Å². The molecule has 0 aromatic heterocycles. The third-order valence-electron chi connectivity index (χ3n) is 4.09. The van der Waals surface area contributed by atoms with Gasteiger partial charge in [-0.15, -0.1) is 0 Å². The number of para-hydroxylation sites is 1. The van der Waals surface area contributed by atoms with Gasteiger partial charge in [-0.05, 0) is 35.1 Å². The van der Waals surface area contributed by atoms with Crippen LogP contribution in [0.1, 0.15) is 66.6 Å². The van der Waals surface area contributed by atoms with Crippen LogP contribution >= 0.6 is 0 Å². The molecule has 0 saturated heterocycles. The molecule has 0 saturated carbocycles. The summed E-state index contributed by atoms with van der Waals surface area (Å²) >= 11 is 0. The molecule has 1 N–H and O–H groups in total. The molecule has 0 aliphatic heterocycles. The number of nitrogens with one attached hydrogen (secondary N) is 1. The van der Waals surface area contributed by atoms with Crippen molar-refractivity contribution < 1.29 is 18.0 Å². The first-order valence-corrected chi connectivity index (χ1v) is 8.23. The van der Waals surface area contributed by atoms with Gasteiger partial charge in [-0.1, -0.05) is 58.0 Å². The monoisotopic (exact) mass is 349 g/mol. The molecule has 2 aromatic rings. The van der Waals surface area contributed by atoms with Gasteiger partial charge in [0.05, 0.1) is 11.1 Å². The summed E-state index contributed by atoms with van der Waals surface area (Å²) in [5.41, 5.74) is 1.12. The number of hydrogen-bond acceptors (Lipinski definition) is 1. The second-order valence-electron chi connectivity index (χ2n) is 6.62. The molecule has 0 atom stereocenters. The number of rotatable bonds is 4. The lowest BCUT2D eigenvalue weighted by Crippen LogP contribution is -2.20. The fourth-order valence-electron chi connectivity index (χ4n) is 2.80. The summed E-state index contributed by atoms with van der Waals surface area (Å²) in [5, 5.41) is 2.73. The zero-order chi connectivity index (χ0) is 18.8. The number of anilines is 1. The van der Waals surface area contributed by atoms with Crippen molar-refractivity contribution in [1.29, 1.82) is 0 Å². The van der Waals surface area contributed by atoms with Crippen LogP contribution in [-0.4, -0.2) is 5.91 Å². The van der Waals surface area contributed by atoms with Crippen molar-refractivity contribution in [3.8, 4) is 0 Å². The maximum atomic E-state index is 13.2. The van der Waals surface area contributed by atoms with Crippen LogP contribution in [0.5, 0.6) is 0 Å². The van der Waals surface area contributed by atoms with E-state index in [2.05, 4.69) is 5.32 Å². The maximum Gasteiger partial charge on any atom is 0.417 e. The highest BCUT2D eigenvalue weighted by molar-refractivity contribution is 6.06. The number of benzene rings is 2. The van der Waals surface area contributed by atoms with Gasteiger partial charge in [-0.3, -0.25) is 4.79 Å². The first-order chi connectivity index (χ1) is 11.6. The van der Waals surface area contributed by atoms with Crippen molar-refractivity contribution in [3.63, 3.8) is 0 Å². The Labute approximate surface area is 146 Å². The first-order valence-electron chi connectivity index (χ1n) is 8.23. The van der Waals surface area contributed by atoms with Crippen molar-refractivity contribution in [1.82, 2.24) is 0 Å². The molecule has 2 rings (SSSR count). The van der Waals surface area contributed by atoms with Crippen LogP contribution in [0.25, 0.3) is 0 Å². The molecule has 5 heteroatoms. The van der Waals surface area contributed by atoms with E-state index in [0.29, 0.717) is 5.69 Å². The van der Waals surface area contributed by atoms with Crippen LogP contribution in [0.3, 0.4) is 0 Å². The van der Waals surface area contributed by atoms with Crippen molar-refractivity contribution in [3.05, 3.63) is 64.7 Å². The smallest absolute Gasteiger partial charge is 0.321 e. The Bertz CT molecular complexity index is 738. The van der Waals surface area contributed by atoms with E-state index in [1.807, 2.05) is 45.9 Å². The SMILES string of the molecule is CC(C)c1cccc(C(C)C)c1NC(=O)c1ccccc1C(F)(F)F. The van der Waals surface area contributed by atoms with E-state index in [1.54, 1.807) is 0 Å². The van der Waals surface area contributed by atoms with Crippen LogP contribution in [0.4, 0.5) is 18.9 Å². The molecular weight excluding hydrogens is 327 g/mol. The lowest BCUT2D eigenvalue weighted by molar-refractivity contribution is -0.137. The number of carbonyl (C=O) groups excluding carboxylic acids is 1. The van der Waals surface area contributed by atoms with E-state index < -0.39 is 17.6 Å². The Morgan fingerprint density at radius 3 is 1.88 bits per heavy atom. The molecule has 2 nitrogen and oxygen atoms in total. The lowest BCUT2D eigenvalue weighted by atomic mass is 9.92. The first kappa shape index (κ1) is 19.0. The molecule has 1 amide bonds. The Morgan fingerprint density at radius 2 is 1.40 bits per heavy atom. The standard InChI is InChI=1S/C20H22F3NO/c1-12(2)14-9-7-10-15(13(3)4)18(14)24-19(25)16-8-5-6-11-17(16)20(21,22)23/h5-13H,1-4H3,(H,24,25). The van der Waals surface area contributed by atoms with Gasteiger partial charge in [-0.2, -0.15) is 13.2 Å². The minimum absolute atomic E-state index is 0.131. The summed E-state index contributed by atoms with van der Waals surface area (Å²) in [7, 11) is 0. The predicted octanol–water partition coefficient (Wildman–Crippen LogP) is 6.20. The summed E-state index contributed by atoms with van der Waals surface area (Å²) in [5.74, 6) is -0.485. The summed E-state index contributed by atoms with van der Waals surface area (Å²) in [6.07, 6.45) is -4.58. The molecule has 25 heavy (non-hydrogen) atoms. The Morgan fingerprint density at radius 1 is 0.880 bits per heavy atom. The summed E-state index contributed by atoms with van der Waals surface area (Å²) in [6, 6.07) is 10.5. The van der Waals surface area contributed by atoms with Gasteiger partial charge in [0.2, 0.25) is 0 Å². The second kappa shape index (κ2) is 7.30. The van der Waals surface area contributed by atoms with E-state index in [9.17, 15) is 18.0 Å². The fourth-order valence-corrected chi connectivity index (χ4v) is 2.80. The maximum absolute atomic E-state index is 13.2. The zero-order valence-corrected chi connectivity index (χ0v) is 14.7. The topological polar surface area (TPSA) is 29.1 Å². The number of alkyl halides is 3. The van der Waals surface area contributed by atoms with Gasteiger partial charge in [0.25, 0.3) is 5.91 Å². The fraction of sp³-hybridized carbons (Fsp3) is 0.350. The minimum atomic E-state index is -4.58. The summed E-state index contributed by atoms with van der Waals surface area (Å²) in [4.78, 5) is 12.6. The average Bonchev–Trinajstić information content (AvgIpc) is 2.53. The molecule has 0 aliphatic rings. The Kier molecular flexibility index (Phi) is 5.55. The van der Waals surface area contributed by atoms with Gasteiger partial charge < -0.3 is 5.32 Å². The van der Waals surface area contributed by atoms with Gasteiger partial charge >= 0.3 is 6.18 Å². The molecule has 2 aromatic carbocycles. The van der Waals surface area contributed by atoms with Gasteiger partial charge in [-0.25, -0.2) is 0 Å². The van der Waals surface area contributed by atoms with E-state index in [4.69, 9.17) is 0 Å². The van der Waals surface area contributed by atoms with Crippen LogP contribution < -0.4 is 5.32 Å². The molecule has 0 unspecified atom stereocenters. The highest BCUT2D eigenvalue weighted by Crippen LogP contribution is 2.35. The van der Waals surface area contributed by atoms with Crippen molar-refractivity contribution in [2.24, 2.45) is 0 Å². The number of amides is 1. The van der Waals surface area contributed by atoms with Crippen LogP contribution in [0, 0.1) is 0 Å². The van der Waals surface area contributed by atoms with Crippen molar-refractivity contribution in [2.75, 3.05) is 5.32 Å². The second-order valence-corrected chi connectivity index (χ2v) is 6.62. The molecule has 0 heterocycles. The molecule has 0 fully saturated rings. The third kappa shape index (κ3) is 4.21. The highest BCUT2D eigenvalue weighted by atomic mass is 19.4. The molecule has 0 radical (unpaired) electrons. The zero-order valence-electron chi connectivity index (χ0n) is 14.7. The van der Waals surface area contributed by atoms with Crippen LogP contribution in [-0.2, 0) is 6.18 Å². The third-order valence-corrected chi connectivity index (χ3v) is 4.09. The predicted molar refractivity (Wildman–Crippen MR) is 94.0 cm³/mol. The van der Waals surface area contributed by atoms with E-state index in [-0.39, 0.29) is 17.4 Å². The van der Waals surface area contributed by atoms with E-state index in [1.165, 1.54) is 18.2 Å². The molecule has 0 bridgehead atoms. The minimum Gasteiger partial charge on any atom is -0.321 e. The van der Waals surface area contributed by atoms with Crippen LogP contribution in [0.15, 0.2) is 42.5 Å². The van der Waals surface area contributed by atoms with Gasteiger partial charge in [0.15, 0.2) is 0 Å².